The lowest BCUT2D eigenvalue weighted by Crippen LogP contribution is -2.19. The molecule has 0 spiro atoms. The molecule has 0 saturated carbocycles. The molecule has 7 heteroatoms. The van der Waals surface area contributed by atoms with Crippen molar-refractivity contribution in [2.75, 3.05) is 10.6 Å². The highest BCUT2D eigenvalue weighted by molar-refractivity contribution is 5.99. The summed E-state index contributed by atoms with van der Waals surface area (Å²) in [7, 11) is 1.80. The molecule has 2 N–H and O–H groups in total. The number of urea groups is 1. The lowest BCUT2D eigenvalue weighted by molar-refractivity contribution is 0.262. The van der Waals surface area contributed by atoms with Crippen molar-refractivity contribution in [2.24, 2.45) is 7.05 Å². The first-order valence-corrected chi connectivity index (χ1v) is 7.24. The van der Waals surface area contributed by atoms with E-state index in [1.165, 1.54) is 0 Å². The number of nitrogens with one attached hydrogen (secondary N) is 2. The van der Waals surface area contributed by atoms with Gasteiger partial charge in [0.05, 0.1) is 0 Å². The highest BCUT2D eigenvalue weighted by Gasteiger charge is 2.05. The molecule has 3 rings (SSSR count). The van der Waals surface area contributed by atoms with Gasteiger partial charge in [0.2, 0.25) is 0 Å². The zero-order valence-electron chi connectivity index (χ0n) is 13.0. The SMILES string of the molecule is Cc1nccn1Cc1ccc(NC(=O)Nc2ccn(C)n2)cc1. The maximum absolute atomic E-state index is 11.9. The van der Waals surface area contributed by atoms with E-state index in [1.807, 2.05) is 37.4 Å². The Morgan fingerprint density at radius 3 is 2.52 bits per heavy atom. The fraction of sp³-hybridized carbons (Fsp3) is 0.188. The first-order valence-electron chi connectivity index (χ1n) is 7.24. The second-order valence-electron chi connectivity index (χ2n) is 5.25. The van der Waals surface area contributed by atoms with Crippen molar-refractivity contribution < 1.29 is 4.79 Å². The van der Waals surface area contributed by atoms with Gasteiger partial charge in [0.25, 0.3) is 0 Å². The average Bonchev–Trinajstić information content (AvgIpc) is 3.10. The minimum atomic E-state index is -0.318. The summed E-state index contributed by atoms with van der Waals surface area (Å²) >= 11 is 0. The quantitative estimate of drug-likeness (QED) is 0.777. The fourth-order valence-corrected chi connectivity index (χ4v) is 2.22. The van der Waals surface area contributed by atoms with Crippen molar-refractivity contribution in [1.29, 1.82) is 0 Å². The first kappa shape index (κ1) is 14.8. The molecular formula is C16H18N6O. The Morgan fingerprint density at radius 2 is 1.91 bits per heavy atom. The molecule has 0 unspecified atom stereocenters. The van der Waals surface area contributed by atoms with Crippen molar-refractivity contribution in [1.82, 2.24) is 19.3 Å². The lowest BCUT2D eigenvalue weighted by Gasteiger charge is -2.08. The molecule has 2 aromatic heterocycles. The van der Waals surface area contributed by atoms with Crippen LogP contribution in [0.2, 0.25) is 0 Å². The van der Waals surface area contributed by atoms with E-state index in [1.54, 1.807) is 30.2 Å². The lowest BCUT2D eigenvalue weighted by atomic mass is 10.2. The van der Waals surface area contributed by atoms with Crippen LogP contribution in [0.4, 0.5) is 16.3 Å². The van der Waals surface area contributed by atoms with Crippen molar-refractivity contribution in [3.05, 3.63) is 60.3 Å². The van der Waals surface area contributed by atoms with E-state index >= 15 is 0 Å². The molecule has 118 valence electrons. The Bertz CT molecular complexity index is 802. The number of anilines is 2. The third kappa shape index (κ3) is 3.76. The van der Waals surface area contributed by atoms with Gasteiger partial charge >= 0.3 is 6.03 Å². The fourth-order valence-electron chi connectivity index (χ4n) is 2.22. The van der Waals surface area contributed by atoms with Crippen LogP contribution in [0.3, 0.4) is 0 Å². The summed E-state index contributed by atoms with van der Waals surface area (Å²) < 4.78 is 3.69. The molecule has 0 saturated heterocycles. The molecular weight excluding hydrogens is 292 g/mol. The Kier molecular flexibility index (Phi) is 4.09. The largest absolute Gasteiger partial charge is 0.331 e. The maximum atomic E-state index is 11.9. The summed E-state index contributed by atoms with van der Waals surface area (Å²) in [5.74, 6) is 1.49. The van der Waals surface area contributed by atoms with E-state index in [9.17, 15) is 4.79 Å². The van der Waals surface area contributed by atoms with Gasteiger partial charge in [-0.1, -0.05) is 12.1 Å². The normalized spacial score (nSPS) is 10.5. The molecule has 0 bridgehead atoms. The van der Waals surface area contributed by atoms with Gasteiger partial charge in [0, 0.05) is 43.9 Å². The molecule has 1 aromatic carbocycles. The highest BCUT2D eigenvalue weighted by atomic mass is 16.2. The van der Waals surface area contributed by atoms with E-state index in [0.717, 1.165) is 23.6 Å². The maximum Gasteiger partial charge on any atom is 0.324 e. The molecule has 2 heterocycles. The minimum Gasteiger partial charge on any atom is -0.331 e. The van der Waals surface area contributed by atoms with Gasteiger partial charge < -0.3 is 9.88 Å². The van der Waals surface area contributed by atoms with Crippen molar-refractivity contribution in [3.63, 3.8) is 0 Å². The second kappa shape index (κ2) is 6.35. The van der Waals surface area contributed by atoms with E-state index in [2.05, 4.69) is 25.3 Å². The molecule has 0 aliphatic heterocycles. The molecule has 0 fully saturated rings. The van der Waals surface area contributed by atoms with Crippen LogP contribution in [-0.4, -0.2) is 25.4 Å². The van der Waals surface area contributed by atoms with E-state index in [-0.39, 0.29) is 6.03 Å². The second-order valence-corrected chi connectivity index (χ2v) is 5.25. The van der Waals surface area contributed by atoms with Crippen molar-refractivity contribution in [2.45, 2.75) is 13.5 Å². The molecule has 0 atom stereocenters. The topological polar surface area (TPSA) is 76.8 Å². The van der Waals surface area contributed by atoms with Crippen LogP contribution >= 0.6 is 0 Å². The Morgan fingerprint density at radius 1 is 1.13 bits per heavy atom. The number of carbonyl (C=O) groups is 1. The summed E-state index contributed by atoms with van der Waals surface area (Å²) in [6.45, 7) is 2.73. The first-order chi connectivity index (χ1) is 11.1. The van der Waals surface area contributed by atoms with Gasteiger partial charge in [-0.2, -0.15) is 5.10 Å². The van der Waals surface area contributed by atoms with Crippen LogP contribution < -0.4 is 10.6 Å². The predicted molar refractivity (Wildman–Crippen MR) is 88.4 cm³/mol. The monoisotopic (exact) mass is 310 g/mol. The summed E-state index contributed by atoms with van der Waals surface area (Å²) in [5, 5.41) is 9.55. The van der Waals surface area contributed by atoms with Gasteiger partial charge in [-0.25, -0.2) is 9.78 Å². The summed E-state index contributed by atoms with van der Waals surface area (Å²) in [6.07, 6.45) is 5.50. The number of amides is 2. The zero-order chi connectivity index (χ0) is 16.2. The van der Waals surface area contributed by atoms with Crippen LogP contribution in [0.5, 0.6) is 0 Å². The highest BCUT2D eigenvalue weighted by Crippen LogP contribution is 2.12. The van der Waals surface area contributed by atoms with Crippen molar-refractivity contribution >= 4 is 17.5 Å². The smallest absolute Gasteiger partial charge is 0.324 e. The van der Waals surface area contributed by atoms with Crippen LogP contribution in [0.1, 0.15) is 11.4 Å². The van der Waals surface area contributed by atoms with Crippen LogP contribution in [-0.2, 0) is 13.6 Å². The predicted octanol–water partition coefficient (Wildman–Crippen LogP) is 2.62. The number of rotatable bonds is 4. The molecule has 0 radical (unpaired) electrons. The van der Waals surface area contributed by atoms with Gasteiger partial charge in [-0.15, -0.1) is 0 Å². The van der Waals surface area contributed by atoms with E-state index in [4.69, 9.17) is 0 Å². The van der Waals surface area contributed by atoms with Gasteiger partial charge in [0.15, 0.2) is 5.82 Å². The number of hydrogen-bond donors (Lipinski definition) is 2. The zero-order valence-corrected chi connectivity index (χ0v) is 13.0. The Balaban J connectivity index is 1.58. The number of aromatic nitrogens is 4. The van der Waals surface area contributed by atoms with E-state index in [0.29, 0.717) is 5.82 Å². The average molecular weight is 310 g/mol. The van der Waals surface area contributed by atoms with E-state index < -0.39 is 0 Å². The Hall–Kier alpha value is -3.09. The van der Waals surface area contributed by atoms with Crippen molar-refractivity contribution in [3.8, 4) is 0 Å². The molecule has 0 aliphatic carbocycles. The summed E-state index contributed by atoms with van der Waals surface area (Å²) in [4.78, 5) is 16.1. The number of hydrogen-bond acceptors (Lipinski definition) is 3. The summed E-state index contributed by atoms with van der Waals surface area (Å²) in [5.41, 5.74) is 1.87. The Labute approximate surface area is 134 Å². The van der Waals surface area contributed by atoms with Crippen LogP contribution in [0, 0.1) is 6.92 Å². The molecule has 2 amide bonds. The molecule has 3 aromatic rings. The van der Waals surface area contributed by atoms with Gasteiger partial charge in [0.1, 0.15) is 5.82 Å². The number of imidazole rings is 1. The standard InChI is InChI=1S/C16H18N6O/c1-12-17-8-10-22(12)11-13-3-5-14(6-4-13)18-16(23)19-15-7-9-21(2)20-15/h3-10H,11H2,1-2H3,(H2,18,19,20,23). The molecule has 7 nitrogen and oxygen atoms in total. The van der Waals surface area contributed by atoms with Crippen LogP contribution in [0.25, 0.3) is 0 Å². The number of nitrogens with zero attached hydrogens (tertiary/aromatic N) is 4. The minimum absolute atomic E-state index is 0.318. The summed E-state index contributed by atoms with van der Waals surface area (Å²) in [6, 6.07) is 9.13. The third-order valence-corrected chi connectivity index (χ3v) is 3.44. The molecule has 0 aliphatic rings. The van der Waals surface area contributed by atoms with Gasteiger partial charge in [-0.3, -0.25) is 10.00 Å². The number of aryl methyl sites for hydroxylation is 2. The van der Waals surface area contributed by atoms with Crippen LogP contribution in [0.15, 0.2) is 48.9 Å². The number of carbonyl (C=O) groups excluding carboxylic acids is 1. The number of benzene rings is 1. The third-order valence-electron chi connectivity index (χ3n) is 3.44. The van der Waals surface area contributed by atoms with Gasteiger partial charge in [-0.05, 0) is 24.6 Å². The molecule has 23 heavy (non-hydrogen) atoms.